The summed E-state index contributed by atoms with van der Waals surface area (Å²) >= 11 is 0. The Morgan fingerprint density at radius 1 is 1.86 bits per heavy atom. The van der Waals surface area contributed by atoms with E-state index in [1.807, 2.05) is 0 Å². The summed E-state index contributed by atoms with van der Waals surface area (Å²) in [6, 6.07) is 0. The third-order valence-corrected chi connectivity index (χ3v) is 0.391. The Hall–Kier alpha value is -0.160. The first kappa shape index (κ1) is 6.84. The predicted molar refractivity (Wildman–Crippen MR) is 26.1 cm³/mol. The van der Waals surface area contributed by atoms with Crippen LogP contribution in [0.2, 0.25) is 0 Å². The molecule has 0 spiro atoms. The third-order valence-electron chi connectivity index (χ3n) is 0.391. The van der Waals surface area contributed by atoms with Crippen LogP contribution in [0.25, 0.3) is 0 Å². The van der Waals surface area contributed by atoms with Crippen molar-refractivity contribution < 1.29 is 4.84 Å². The molecule has 4 heteroatoms. The molecular weight excluding hydrogens is 96.0 g/mol. The van der Waals surface area contributed by atoms with Gasteiger partial charge in [-0.2, -0.15) is 0 Å². The minimum absolute atomic E-state index is 0.0660. The first-order valence-electron chi connectivity index (χ1n) is 1.94. The summed E-state index contributed by atoms with van der Waals surface area (Å²) in [7, 11) is 2.99. The molecule has 0 saturated heterocycles. The number of nitrogens with zero attached hydrogens (tertiary/aromatic N) is 1. The van der Waals surface area contributed by atoms with Crippen LogP contribution in [0, 0.1) is 5.21 Å². The van der Waals surface area contributed by atoms with Crippen molar-refractivity contribution >= 4 is 0 Å². The number of rotatable bonds is 3. The molecule has 0 amide bonds. The zero-order valence-electron chi connectivity index (χ0n) is 4.47. The number of hydrogen-bond acceptors (Lipinski definition) is 4. The highest BCUT2D eigenvalue weighted by Gasteiger charge is 1.75. The van der Waals surface area contributed by atoms with Crippen molar-refractivity contribution in [2.75, 3.05) is 20.8 Å². The molecule has 7 heavy (non-hydrogen) atoms. The summed E-state index contributed by atoms with van der Waals surface area (Å²) in [5, 5.41) is 10.6. The molecule has 0 bridgehead atoms. The molecule has 0 unspecified atom stereocenters. The second-order valence-corrected chi connectivity index (χ2v) is 1.11. The average Bonchev–Trinajstić information content (AvgIpc) is 1.61. The molecule has 4 nitrogen and oxygen atoms in total. The standard InChI is InChI=1S/C3H9N2O2/c1-4-7-3-5(2)6/h4H,3H2,1-2H3/q-1. The normalized spacial score (nSPS) is 10.3. The molecule has 0 saturated carbocycles. The molecule has 0 fully saturated rings. The Kier molecular flexibility index (Phi) is 3.92. The topological polar surface area (TPSA) is 47.6 Å². The number of hydroxylamine groups is 3. The Morgan fingerprint density at radius 2 is 2.43 bits per heavy atom. The van der Waals surface area contributed by atoms with Gasteiger partial charge in [-0.3, -0.25) is 4.84 Å². The maximum Gasteiger partial charge on any atom is 0.109 e. The smallest absolute Gasteiger partial charge is 0.109 e. The maximum atomic E-state index is 9.95. The fourth-order valence-electron chi connectivity index (χ4n) is 0.155. The van der Waals surface area contributed by atoms with E-state index in [1.54, 1.807) is 7.05 Å². The van der Waals surface area contributed by atoms with Gasteiger partial charge in [-0.15, -0.1) is 0 Å². The quantitative estimate of drug-likeness (QED) is 0.389. The zero-order chi connectivity index (χ0) is 5.70. The van der Waals surface area contributed by atoms with Gasteiger partial charge < -0.3 is 10.3 Å². The van der Waals surface area contributed by atoms with Gasteiger partial charge in [0.1, 0.15) is 6.73 Å². The molecule has 0 radical (unpaired) electrons. The fourth-order valence-corrected chi connectivity index (χ4v) is 0.155. The summed E-state index contributed by atoms with van der Waals surface area (Å²) in [6.07, 6.45) is 0. The summed E-state index contributed by atoms with van der Waals surface area (Å²) in [5.41, 5.74) is 2.36. The van der Waals surface area contributed by atoms with Crippen LogP contribution in [0.4, 0.5) is 0 Å². The van der Waals surface area contributed by atoms with Crippen molar-refractivity contribution in [2.45, 2.75) is 0 Å². The van der Waals surface area contributed by atoms with Crippen LogP contribution in [-0.4, -0.2) is 25.9 Å². The van der Waals surface area contributed by atoms with Gasteiger partial charge in [0.25, 0.3) is 0 Å². The van der Waals surface area contributed by atoms with Gasteiger partial charge in [0, 0.05) is 7.05 Å². The van der Waals surface area contributed by atoms with E-state index in [0.717, 1.165) is 0 Å². The van der Waals surface area contributed by atoms with Crippen molar-refractivity contribution in [2.24, 2.45) is 0 Å². The second-order valence-electron chi connectivity index (χ2n) is 1.11. The lowest BCUT2D eigenvalue weighted by atomic mass is 11.1. The molecule has 0 atom stereocenters. The van der Waals surface area contributed by atoms with E-state index < -0.39 is 0 Å². The van der Waals surface area contributed by atoms with E-state index in [0.29, 0.717) is 5.06 Å². The minimum atomic E-state index is 0.0660. The molecule has 0 rings (SSSR count). The van der Waals surface area contributed by atoms with Gasteiger partial charge in [0.05, 0.1) is 0 Å². The molecule has 0 aliphatic rings. The van der Waals surface area contributed by atoms with Crippen LogP contribution in [0.5, 0.6) is 0 Å². The molecule has 44 valence electrons. The molecule has 1 N–H and O–H groups in total. The van der Waals surface area contributed by atoms with E-state index >= 15 is 0 Å². The van der Waals surface area contributed by atoms with Gasteiger partial charge in [0.2, 0.25) is 0 Å². The molecule has 0 aliphatic heterocycles. The maximum absolute atomic E-state index is 9.95. The Balaban J connectivity index is 2.68. The van der Waals surface area contributed by atoms with E-state index in [4.69, 9.17) is 0 Å². The minimum Gasteiger partial charge on any atom is -0.784 e. The highest BCUT2D eigenvalue weighted by atomic mass is 16.7. The van der Waals surface area contributed by atoms with Crippen LogP contribution >= 0.6 is 0 Å². The SMILES string of the molecule is CNOCN(C)[O-]. The van der Waals surface area contributed by atoms with E-state index in [-0.39, 0.29) is 6.73 Å². The second kappa shape index (κ2) is 4.01. The zero-order valence-corrected chi connectivity index (χ0v) is 4.47. The largest absolute Gasteiger partial charge is 0.784 e. The van der Waals surface area contributed by atoms with Gasteiger partial charge in [0.15, 0.2) is 0 Å². The lowest BCUT2D eigenvalue weighted by molar-refractivity contribution is 0.00468. The molecule has 0 aromatic carbocycles. The van der Waals surface area contributed by atoms with E-state index in [9.17, 15) is 5.21 Å². The van der Waals surface area contributed by atoms with Crippen molar-refractivity contribution in [1.29, 1.82) is 0 Å². The molecule has 0 aliphatic carbocycles. The Bertz CT molecular complexity index is 39.9. The summed E-state index contributed by atoms with van der Waals surface area (Å²) < 4.78 is 0. The number of hydrogen-bond donors (Lipinski definition) is 1. The summed E-state index contributed by atoms with van der Waals surface area (Å²) in [4.78, 5) is 4.46. The van der Waals surface area contributed by atoms with Crippen LogP contribution in [0.3, 0.4) is 0 Å². The van der Waals surface area contributed by atoms with Crippen LogP contribution in [0.15, 0.2) is 0 Å². The molecule has 0 aromatic heterocycles. The van der Waals surface area contributed by atoms with Crippen LogP contribution in [-0.2, 0) is 4.84 Å². The first-order chi connectivity index (χ1) is 3.27. The predicted octanol–water partition coefficient (Wildman–Crippen LogP) is -0.476. The van der Waals surface area contributed by atoms with E-state index in [2.05, 4.69) is 10.3 Å². The summed E-state index contributed by atoms with van der Waals surface area (Å²) in [5.74, 6) is 0. The van der Waals surface area contributed by atoms with Gasteiger partial charge in [-0.1, -0.05) is 0 Å². The van der Waals surface area contributed by atoms with Gasteiger partial charge >= 0.3 is 0 Å². The Labute approximate surface area is 42.6 Å². The number of nitrogens with one attached hydrogen (secondary N) is 1. The van der Waals surface area contributed by atoms with Gasteiger partial charge in [-0.25, -0.2) is 5.48 Å². The van der Waals surface area contributed by atoms with Crippen LogP contribution < -0.4 is 5.48 Å². The van der Waals surface area contributed by atoms with Crippen molar-refractivity contribution in [3.05, 3.63) is 5.21 Å². The van der Waals surface area contributed by atoms with Crippen LogP contribution in [0.1, 0.15) is 0 Å². The van der Waals surface area contributed by atoms with Crippen molar-refractivity contribution in [3.8, 4) is 0 Å². The lowest BCUT2D eigenvalue weighted by Gasteiger charge is -2.19. The molecular formula is C3H9N2O2-. The molecule has 0 aromatic rings. The summed E-state index contributed by atoms with van der Waals surface area (Å²) in [6.45, 7) is 0.0660. The third kappa shape index (κ3) is 5.84. The fraction of sp³-hybridized carbons (Fsp3) is 1.00. The van der Waals surface area contributed by atoms with Gasteiger partial charge in [-0.05, 0) is 7.05 Å². The monoisotopic (exact) mass is 105 g/mol. The van der Waals surface area contributed by atoms with Crippen molar-refractivity contribution in [1.82, 2.24) is 10.5 Å². The highest BCUT2D eigenvalue weighted by molar-refractivity contribution is 4.34. The van der Waals surface area contributed by atoms with Crippen molar-refractivity contribution in [3.63, 3.8) is 0 Å². The molecule has 0 heterocycles. The highest BCUT2D eigenvalue weighted by Crippen LogP contribution is 1.71. The first-order valence-corrected chi connectivity index (χ1v) is 1.94. The van der Waals surface area contributed by atoms with E-state index in [1.165, 1.54) is 7.05 Å². The Morgan fingerprint density at radius 3 is 2.57 bits per heavy atom. The average molecular weight is 105 g/mol. The lowest BCUT2D eigenvalue weighted by Crippen LogP contribution is -2.19.